The molecule has 120 valence electrons. The Hall–Kier alpha value is -1.97. The number of allylic oxidation sites excluding steroid dienone is 3. The van der Waals surface area contributed by atoms with Crippen molar-refractivity contribution in [2.75, 3.05) is 26.2 Å². The van der Waals surface area contributed by atoms with E-state index in [4.69, 9.17) is 0 Å². The molecule has 2 rings (SSSR count). The largest absolute Gasteiger partial charge is 0.387 e. The second-order valence-electron chi connectivity index (χ2n) is 5.85. The zero-order valence-electron chi connectivity index (χ0n) is 13.7. The molecule has 0 aliphatic carbocycles. The Morgan fingerprint density at radius 1 is 1.41 bits per heavy atom. The van der Waals surface area contributed by atoms with Crippen LogP contribution in [0.3, 0.4) is 0 Å². The predicted molar refractivity (Wildman–Crippen MR) is 91.2 cm³/mol. The SMILES string of the molecule is C=C(NCC(=O)N1CCCC1)C1=CCN/C=C(/CC)C=C1C. The predicted octanol–water partition coefficient (Wildman–Crippen LogP) is 2.48. The van der Waals surface area contributed by atoms with Gasteiger partial charge >= 0.3 is 0 Å². The molecule has 0 spiro atoms. The number of nitrogens with zero attached hydrogens (tertiary/aromatic N) is 1. The van der Waals surface area contributed by atoms with Crippen LogP contribution in [0.5, 0.6) is 0 Å². The molecule has 0 aromatic carbocycles. The van der Waals surface area contributed by atoms with E-state index in [0.29, 0.717) is 6.54 Å². The van der Waals surface area contributed by atoms with Crippen LogP contribution in [-0.2, 0) is 4.79 Å². The van der Waals surface area contributed by atoms with Crippen LogP contribution < -0.4 is 10.6 Å². The van der Waals surface area contributed by atoms with Gasteiger partial charge in [-0.05, 0) is 49.1 Å². The van der Waals surface area contributed by atoms with Crippen molar-refractivity contribution >= 4 is 5.91 Å². The van der Waals surface area contributed by atoms with Crippen LogP contribution in [0, 0.1) is 0 Å². The molecule has 2 N–H and O–H groups in total. The summed E-state index contributed by atoms with van der Waals surface area (Å²) in [7, 11) is 0. The van der Waals surface area contributed by atoms with E-state index in [1.54, 1.807) is 0 Å². The van der Waals surface area contributed by atoms with E-state index in [1.807, 2.05) is 4.90 Å². The Labute approximate surface area is 133 Å². The number of amides is 1. The number of hydrogen-bond donors (Lipinski definition) is 2. The second-order valence-corrected chi connectivity index (χ2v) is 5.85. The molecule has 0 bridgehead atoms. The van der Waals surface area contributed by atoms with Gasteiger partial charge in [0.25, 0.3) is 0 Å². The van der Waals surface area contributed by atoms with Crippen molar-refractivity contribution in [3.8, 4) is 0 Å². The Morgan fingerprint density at radius 3 is 2.82 bits per heavy atom. The lowest BCUT2D eigenvalue weighted by molar-refractivity contribution is -0.129. The zero-order chi connectivity index (χ0) is 15.9. The highest BCUT2D eigenvalue weighted by Gasteiger charge is 2.18. The summed E-state index contributed by atoms with van der Waals surface area (Å²) in [4.78, 5) is 14.0. The topological polar surface area (TPSA) is 44.4 Å². The molecular weight excluding hydrogens is 274 g/mol. The Bertz CT molecular complexity index is 522. The molecule has 0 aromatic rings. The van der Waals surface area contributed by atoms with Gasteiger partial charge in [0.1, 0.15) is 0 Å². The minimum absolute atomic E-state index is 0.166. The first kappa shape index (κ1) is 16.4. The first-order valence-electron chi connectivity index (χ1n) is 8.14. The molecule has 0 atom stereocenters. The third-order valence-corrected chi connectivity index (χ3v) is 4.18. The van der Waals surface area contributed by atoms with Crippen LogP contribution >= 0.6 is 0 Å². The lowest BCUT2D eigenvalue weighted by Gasteiger charge is -2.19. The second kappa shape index (κ2) is 7.87. The molecule has 0 saturated carbocycles. The lowest BCUT2D eigenvalue weighted by atomic mass is 10.00. The number of carbonyl (C=O) groups excluding carboxylic acids is 1. The van der Waals surface area contributed by atoms with Crippen molar-refractivity contribution in [3.05, 3.63) is 47.3 Å². The molecule has 0 unspecified atom stereocenters. The highest BCUT2D eigenvalue weighted by molar-refractivity contribution is 5.78. The van der Waals surface area contributed by atoms with E-state index < -0.39 is 0 Å². The van der Waals surface area contributed by atoms with Gasteiger partial charge in [-0.25, -0.2) is 0 Å². The smallest absolute Gasteiger partial charge is 0.241 e. The third-order valence-electron chi connectivity index (χ3n) is 4.18. The van der Waals surface area contributed by atoms with Crippen molar-refractivity contribution in [2.45, 2.75) is 33.1 Å². The van der Waals surface area contributed by atoms with Gasteiger partial charge in [0.15, 0.2) is 0 Å². The third kappa shape index (κ3) is 4.26. The Balaban J connectivity index is 1.96. The van der Waals surface area contributed by atoms with Gasteiger partial charge in [0.05, 0.1) is 6.54 Å². The molecule has 2 aliphatic heterocycles. The molecule has 4 heteroatoms. The van der Waals surface area contributed by atoms with Crippen LogP contribution in [0.2, 0.25) is 0 Å². The van der Waals surface area contributed by atoms with Crippen LogP contribution in [0.4, 0.5) is 0 Å². The summed E-state index contributed by atoms with van der Waals surface area (Å²) in [5, 5.41) is 6.47. The Kier molecular flexibility index (Phi) is 5.87. The first-order chi connectivity index (χ1) is 10.6. The maximum Gasteiger partial charge on any atom is 0.241 e. The molecule has 0 aromatic heterocycles. The standard InChI is InChI=1S/C18H27N3O/c1-4-16-11-14(2)17(7-8-19-12-16)15(3)20-13-18(22)21-9-5-6-10-21/h7,11-12,19-20H,3-6,8-10,13H2,1-2H3/b14-11?,16-12-,17-7?. The summed E-state index contributed by atoms with van der Waals surface area (Å²) in [6.07, 6.45) is 9.58. The molecule has 2 aliphatic rings. The molecule has 22 heavy (non-hydrogen) atoms. The molecule has 0 radical (unpaired) electrons. The van der Waals surface area contributed by atoms with E-state index in [9.17, 15) is 4.79 Å². The quantitative estimate of drug-likeness (QED) is 0.820. The highest BCUT2D eigenvalue weighted by Crippen LogP contribution is 2.20. The first-order valence-corrected chi connectivity index (χ1v) is 8.14. The van der Waals surface area contributed by atoms with Gasteiger partial charge < -0.3 is 15.5 Å². The van der Waals surface area contributed by atoms with Gasteiger partial charge in [-0.1, -0.05) is 25.7 Å². The van der Waals surface area contributed by atoms with Crippen LogP contribution in [0.15, 0.2) is 47.3 Å². The minimum Gasteiger partial charge on any atom is -0.387 e. The van der Waals surface area contributed by atoms with Gasteiger partial charge in [-0.2, -0.15) is 0 Å². The van der Waals surface area contributed by atoms with E-state index >= 15 is 0 Å². The number of likely N-dealkylation sites (tertiary alicyclic amines) is 1. The molecule has 4 nitrogen and oxygen atoms in total. The fourth-order valence-electron chi connectivity index (χ4n) is 2.83. The average molecular weight is 301 g/mol. The highest BCUT2D eigenvalue weighted by atomic mass is 16.2. The summed E-state index contributed by atoms with van der Waals surface area (Å²) in [5.74, 6) is 0.166. The van der Waals surface area contributed by atoms with Crippen molar-refractivity contribution in [2.24, 2.45) is 0 Å². The van der Waals surface area contributed by atoms with Crippen molar-refractivity contribution < 1.29 is 4.79 Å². The number of carbonyl (C=O) groups is 1. The van der Waals surface area contributed by atoms with Crippen LogP contribution in [0.25, 0.3) is 0 Å². The zero-order valence-corrected chi connectivity index (χ0v) is 13.7. The monoisotopic (exact) mass is 301 g/mol. The molecule has 1 fully saturated rings. The number of hydrogen-bond acceptors (Lipinski definition) is 3. The van der Waals surface area contributed by atoms with Gasteiger partial charge in [-0.3, -0.25) is 4.79 Å². The van der Waals surface area contributed by atoms with Gasteiger partial charge in [-0.15, -0.1) is 0 Å². The fourth-order valence-corrected chi connectivity index (χ4v) is 2.83. The Morgan fingerprint density at radius 2 is 2.14 bits per heavy atom. The normalized spacial score (nSPS) is 20.8. The number of nitrogens with one attached hydrogen (secondary N) is 2. The van der Waals surface area contributed by atoms with Crippen molar-refractivity contribution in [3.63, 3.8) is 0 Å². The van der Waals surface area contributed by atoms with E-state index in [0.717, 1.165) is 50.2 Å². The molecule has 1 amide bonds. The summed E-state index contributed by atoms with van der Waals surface area (Å²) in [6, 6.07) is 0. The molecular formula is C18H27N3O. The molecule has 2 heterocycles. The molecule has 1 saturated heterocycles. The van der Waals surface area contributed by atoms with Crippen LogP contribution in [0.1, 0.15) is 33.1 Å². The maximum atomic E-state index is 12.1. The van der Waals surface area contributed by atoms with Gasteiger partial charge in [0, 0.05) is 25.3 Å². The van der Waals surface area contributed by atoms with Gasteiger partial charge in [0.2, 0.25) is 5.91 Å². The van der Waals surface area contributed by atoms with Crippen LogP contribution in [-0.4, -0.2) is 37.0 Å². The summed E-state index contributed by atoms with van der Waals surface area (Å²) < 4.78 is 0. The summed E-state index contributed by atoms with van der Waals surface area (Å²) in [5.41, 5.74) is 4.35. The van der Waals surface area contributed by atoms with Crippen molar-refractivity contribution in [1.29, 1.82) is 0 Å². The average Bonchev–Trinajstić information content (AvgIpc) is 3.02. The summed E-state index contributed by atoms with van der Waals surface area (Å²) in [6.45, 7) is 11.2. The fraction of sp³-hybridized carbons (Fsp3) is 0.500. The van der Waals surface area contributed by atoms with E-state index in [-0.39, 0.29) is 5.91 Å². The van der Waals surface area contributed by atoms with E-state index in [1.165, 1.54) is 11.1 Å². The minimum atomic E-state index is 0.166. The van der Waals surface area contributed by atoms with Crippen molar-refractivity contribution in [1.82, 2.24) is 15.5 Å². The summed E-state index contributed by atoms with van der Waals surface area (Å²) >= 11 is 0. The lowest BCUT2D eigenvalue weighted by Crippen LogP contribution is -2.36. The maximum absolute atomic E-state index is 12.1. The van der Waals surface area contributed by atoms with E-state index in [2.05, 4.69) is 49.4 Å². The number of rotatable bonds is 5.